The Balaban J connectivity index is 3.08. The van der Waals surface area contributed by atoms with Crippen LogP contribution in [0, 0.1) is 0 Å². The van der Waals surface area contributed by atoms with E-state index in [1.54, 1.807) is 0 Å². The van der Waals surface area contributed by atoms with Crippen LogP contribution in [0.4, 0.5) is 0 Å². The molecule has 0 aliphatic rings. The van der Waals surface area contributed by atoms with Gasteiger partial charge in [-0.25, -0.2) is 0 Å². The van der Waals surface area contributed by atoms with E-state index in [4.69, 9.17) is 5.73 Å². The van der Waals surface area contributed by atoms with Gasteiger partial charge in [-0.05, 0) is 26.3 Å². The predicted octanol–water partition coefficient (Wildman–Crippen LogP) is 1.28. The Hall–Kier alpha value is -0.340. The molecule has 2 heteroatoms. The second-order valence-corrected chi connectivity index (χ2v) is 2.88. The van der Waals surface area contributed by atoms with E-state index in [-0.39, 0.29) is 0 Å². The molecule has 0 saturated heterocycles. The quantitative estimate of drug-likeness (QED) is 0.430. The van der Waals surface area contributed by atoms with Crippen LogP contribution < -0.4 is 11.1 Å². The number of hydrogen-bond acceptors (Lipinski definition) is 2. The molecule has 0 spiro atoms. The molecule has 66 valence electrons. The Morgan fingerprint density at radius 1 is 1.55 bits per heavy atom. The fourth-order valence-corrected chi connectivity index (χ4v) is 0.981. The molecule has 11 heavy (non-hydrogen) atoms. The van der Waals surface area contributed by atoms with Gasteiger partial charge in [-0.2, -0.15) is 0 Å². The van der Waals surface area contributed by atoms with Crippen LogP contribution >= 0.6 is 0 Å². The molecule has 0 bridgehead atoms. The van der Waals surface area contributed by atoms with Crippen LogP contribution in [0.1, 0.15) is 26.2 Å². The molecule has 0 rings (SSSR count). The molecule has 0 fully saturated rings. The van der Waals surface area contributed by atoms with Crippen LogP contribution in [0.2, 0.25) is 0 Å². The van der Waals surface area contributed by atoms with Gasteiger partial charge in [-0.3, -0.25) is 0 Å². The lowest BCUT2D eigenvalue weighted by molar-refractivity contribution is 0.514. The van der Waals surface area contributed by atoms with E-state index in [9.17, 15) is 0 Å². The largest absolute Gasteiger partial charge is 0.330 e. The van der Waals surface area contributed by atoms with Crippen LogP contribution in [0.3, 0.4) is 0 Å². The van der Waals surface area contributed by atoms with E-state index >= 15 is 0 Å². The summed E-state index contributed by atoms with van der Waals surface area (Å²) in [5.41, 5.74) is 5.38. The molecular formula is C9H20N2. The van der Waals surface area contributed by atoms with Crippen molar-refractivity contribution in [3.63, 3.8) is 0 Å². The Kier molecular flexibility index (Phi) is 7.52. The maximum absolute atomic E-state index is 5.38. The van der Waals surface area contributed by atoms with E-state index in [1.807, 2.05) is 6.08 Å². The zero-order chi connectivity index (χ0) is 8.53. The van der Waals surface area contributed by atoms with Crippen molar-refractivity contribution < 1.29 is 0 Å². The highest BCUT2D eigenvalue weighted by Gasteiger charge is 1.97. The highest BCUT2D eigenvalue weighted by atomic mass is 14.9. The highest BCUT2D eigenvalue weighted by molar-refractivity contribution is 4.72. The first-order valence-electron chi connectivity index (χ1n) is 4.35. The minimum atomic E-state index is 0.597. The minimum Gasteiger partial charge on any atom is -0.330 e. The van der Waals surface area contributed by atoms with Crippen LogP contribution in [-0.4, -0.2) is 19.1 Å². The molecule has 1 atom stereocenters. The molecule has 0 aromatic rings. The summed E-state index contributed by atoms with van der Waals surface area (Å²) >= 11 is 0. The molecule has 0 heterocycles. The maximum atomic E-state index is 5.38. The molecule has 0 aliphatic heterocycles. The summed E-state index contributed by atoms with van der Waals surface area (Å²) in [6.07, 6.45) is 5.46. The highest BCUT2D eigenvalue weighted by Crippen LogP contribution is 1.98. The topological polar surface area (TPSA) is 38.0 Å². The third-order valence-electron chi connectivity index (χ3n) is 1.70. The van der Waals surface area contributed by atoms with E-state index < -0.39 is 0 Å². The van der Waals surface area contributed by atoms with Gasteiger partial charge in [-0.15, -0.1) is 6.58 Å². The molecule has 1 unspecified atom stereocenters. The van der Waals surface area contributed by atoms with Gasteiger partial charge in [0.25, 0.3) is 0 Å². The van der Waals surface area contributed by atoms with E-state index in [1.165, 1.54) is 12.8 Å². The van der Waals surface area contributed by atoms with Crippen molar-refractivity contribution in [1.82, 2.24) is 5.32 Å². The molecule has 0 aromatic carbocycles. The fourth-order valence-electron chi connectivity index (χ4n) is 0.981. The van der Waals surface area contributed by atoms with Crippen molar-refractivity contribution in [3.8, 4) is 0 Å². The zero-order valence-electron chi connectivity index (χ0n) is 7.47. The van der Waals surface area contributed by atoms with Crippen molar-refractivity contribution in [2.45, 2.75) is 32.2 Å². The Morgan fingerprint density at radius 3 is 2.82 bits per heavy atom. The SMILES string of the molecule is C=CCNC(C)CCCCN. The van der Waals surface area contributed by atoms with Gasteiger partial charge in [-0.1, -0.05) is 12.5 Å². The van der Waals surface area contributed by atoms with Crippen LogP contribution in [0.15, 0.2) is 12.7 Å². The van der Waals surface area contributed by atoms with Gasteiger partial charge in [0.05, 0.1) is 0 Å². The summed E-state index contributed by atoms with van der Waals surface area (Å²) < 4.78 is 0. The lowest BCUT2D eigenvalue weighted by Crippen LogP contribution is -2.25. The van der Waals surface area contributed by atoms with Crippen molar-refractivity contribution in [2.75, 3.05) is 13.1 Å². The van der Waals surface area contributed by atoms with Crippen LogP contribution in [-0.2, 0) is 0 Å². The standard InChI is InChI=1S/C9H20N2/c1-3-8-11-9(2)6-4-5-7-10/h3,9,11H,1,4-8,10H2,2H3. The molecule has 0 radical (unpaired) electrons. The van der Waals surface area contributed by atoms with Gasteiger partial charge < -0.3 is 11.1 Å². The molecule has 2 nitrogen and oxygen atoms in total. The summed E-state index contributed by atoms with van der Waals surface area (Å²) in [5, 5.41) is 3.33. The van der Waals surface area contributed by atoms with Gasteiger partial charge in [0.2, 0.25) is 0 Å². The monoisotopic (exact) mass is 156 g/mol. The van der Waals surface area contributed by atoms with E-state index in [0.29, 0.717) is 6.04 Å². The molecule has 0 saturated carbocycles. The lowest BCUT2D eigenvalue weighted by atomic mass is 10.1. The Morgan fingerprint density at radius 2 is 2.27 bits per heavy atom. The second kappa shape index (κ2) is 7.76. The van der Waals surface area contributed by atoms with Crippen molar-refractivity contribution in [2.24, 2.45) is 5.73 Å². The smallest absolute Gasteiger partial charge is 0.0134 e. The first kappa shape index (κ1) is 10.7. The summed E-state index contributed by atoms with van der Waals surface area (Å²) in [7, 11) is 0. The lowest BCUT2D eigenvalue weighted by Gasteiger charge is -2.10. The molecule has 0 amide bonds. The van der Waals surface area contributed by atoms with E-state index in [0.717, 1.165) is 19.5 Å². The van der Waals surface area contributed by atoms with E-state index in [2.05, 4.69) is 18.8 Å². The second-order valence-electron chi connectivity index (χ2n) is 2.88. The van der Waals surface area contributed by atoms with Crippen molar-refractivity contribution >= 4 is 0 Å². The van der Waals surface area contributed by atoms with Crippen LogP contribution in [0.5, 0.6) is 0 Å². The normalized spacial score (nSPS) is 12.9. The van der Waals surface area contributed by atoms with Gasteiger partial charge >= 0.3 is 0 Å². The molecule has 0 aliphatic carbocycles. The predicted molar refractivity (Wildman–Crippen MR) is 50.6 cm³/mol. The first-order chi connectivity index (χ1) is 5.31. The third kappa shape index (κ3) is 7.56. The average Bonchev–Trinajstić information content (AvgIpc) is 2.01. The average molecular weight is 156 g/mol. The van der Waals surface area contributed by atoms with Crippen molar-refractivity contribution in [3.05, 3.63) is 12.7 Å². The number of nitrogens with one attached hydrogen (secondary N) is 1. The van der Waals surface area contributed by atoms with Crippen LogP contribution in [0.25, 0.3) is 0 Å². The zero-order valence-corrected chi connectivity index (χ0v) is 7.47. The van der Waals surface area contributed by atoms with Gasteiger partial charge in [0, 0.05) is 12.6 Å². The Labute approximate surface area is 69.9 Å². The minimum absolute atomic E-state index is 0.597. The Bertz CT molecular complexity index is 91.6. The number of unbranched alkanes of at least 4 members (excludes halogenated alkanes) is 1. The summed E-state index contributed by atoms with van der Waals surface area (Å²) in [4.78, 5) is 0. The van der Waals surface area contributed by atoms with Gasteiger partial charge in [0.15, 0.2) is 0 Å². The summed E-state index contributed by atoms with van der Waals surface area (Å²) in [5.74, 6) is 0. The number of hydrogen-bond donors (Lipinski definition) is 2. The summed E-state index contributed by atoms with van der Waals surface area (Å²) in [6.45, 7) is 7.56. The molecule has 3 N–H and O–H groups in total. The fraction of sp³-hybridized carbons (Fsp3) is 0.778. The number of nitrogens with two attached hydrogens (primary N) is 1. The van der Waals surface area contributed by atoms with Crippen molar-refractivity contribution in [1.29, 1.82) is 0 Å². The molecular weight excluding hydrogens is 136 g/mol. The number of rotatable bonds is 7. The molecule has 0 aromatic heterocycles. The summed E-state index contributed by atoms with van der Waals surface area (Å²) in [6, 6.07) is 0.597. The van der Waals surface area contributed by atoms with Gasteiger partial charge in [0.1, 0.15) is 0 Å². The third-order valence-corrected chi connectivity index (χ3v) is 1.70. The maximum Gasteiger partial charge on any atom is 0.0134 e. The first-order valence-corrected chi connectivity index (χ1v) is 4.35.